The van der Waals surface area contributed by atoms with E-state index in [1.54, 1.807) is 0 Å². The predicted octanol–water partition coefficient (Wildman–Crippen LogP) is 1.80. The molecule has 1 aromatic rings. The van der Waals surface area contributed by atoms with Crippen LogP contribution in [0.25, 0.3) is 0 Å². The molecule has 0 bridgehead atoms. The summed E-state index contributed by atoms with van der Waals surface area (Å²) in [5.74, 6) is 0.756. The molecule has 0 amide bonds. The lowest BCUT2D eigenvalue weighted by molar-refractivity contribution is 0.657. The SMILES string of the molecule is CC(N)Cc1ccc(OS)cc1. The second kappa shape index (κ2) is 4.38. The number of nitrogens with two attached hydrogens (primary N) is 1. The maximum atomic E-state index is 5.65. The van der Waals surface area contributed by atoms with Gasteiger partial charge in [0.05, 0.1) is 0 Å². The van der Waals surface area contributed by atoms with E-state index in [0.717, 1.165) is 12.2 Å². The largest absolute Gasteiger partial charge is 0.429 e. The third-order valence-corrected chi connectivity index (χ3v) is 1.80. The van der Waals surface area contributed by atoms with Crippen molar-refractivity contribution in [3.05, 3.63) is 29.8 Å². The quantitative estimate of drug-likeness (QED) is 0.553. The van der Waals surface area contributed by atoms with E-state index in [1.165, 1.54) is 5.56 Å². The number of rotatable bonds is 3. The third kappa shape index (κ3) is 2.75. The van der Waals surface area contributed by atoms with Crippen molar-refractivity contribution < 1.29 is 4.18 Å². The Morgan fingerprint density at radius 3 is 2.42 bits per heavy atom. The molecule has 0 aliphatic carbocycles. The fraction of sp³-hybridized carbons (Fsp3) is 0.333. The minimum atomic E-state index is 0.202. The van der Waals surface area contributed by atoms with Gasteiger partial charge in [-0.15, -0.1) is 0 Å². The van der Waals surface area contributed by atoms with E-state index in [4.69, 9.17) is 9.92 Å². The van der Waals surface area contributed by atoms with Crippen LogP contribution < -0.4 is 9.92 Å². The van der Waals surface area contributed by atoms with Crippen LogP contribution in [-0.4, -0.2) is 6.04 Å². The molecule has 0 aliphatic heterocycles. The van der Waals surface area contributed by atoms with Crippen molar-refractivity contribution in [2.24, 2.45) is 5.73 Å². The van der Waals surface area contributed by atoms with Crippen molar-refractivity contribution in [2.45, 2.75) is 19.4 Å². The van der Waals surface area contributed by atoms with Crippen molar-refractivity contribution in [3.8, 4) is 5.75 Å². The maximum absolute atomic E-state index is 5.65. The van der Waals surface area contributed by atoms with E-state index >= 15 is 0 Å². The summed E-state index contributed by atoms with van der Waals surface area (Å²) in [6.45, 7) is 1.99. The molecule has 2 N–H and O–H groups in total. The van der Waals surface area contributed by atoms with Crippen LogP contribution in [0.2, 0.25) is 0 Å². The second-order valence-corrected chi connectivity index (χ2v) is 3.10. The average molecular weight is 183 g/mol. The summed E-state index contributed by atoms with van der Waals surface area (Å²) in [6, 6.07) is 7.95. The zero-order valence-electron chi connectivity index (χ0n) is 7.03. The third-order valence-electron chi connectivity index (χ3n) is 1.59. The van der Waals surface area contributed by atoms with Gasteiger partial charge in [0.2, 0.25) is 0 Å². The van der Waals surface area contributed by atoms with Crippen molar-refractivity contribution >= 4 is 12.9 Å². The fourth-order valence-electron chi connectivity index (χ4n) is 1.06. The molecule has 12 heavy (non-hydrogen) atoms. The first kappa shape index (κ1) is 9.42. The second-order valence-electron chi connectivity index (χ2n) is 2.92. The molecule has 0 heterocycles. The smallest absolute Gasteiger partial charge is 0.137 e. The predicted molar refractivity (Wildman–Crippen MR) is 53.4 cm³/mol. The highest BCUT2D eigenvalue weighted by Gasteiger charge is 1.97. The Labute approximate surface area is 78.3 Å². The molecule has 1 atom stereocenters. The molecular weight excluding hydrogens is 170 g/mol. The molecule has 1 rings (SSSR count). The van der Waals surface area contributed by atoms with Gasteiger partial charge in [-0.3, -0.25) is 0 Å². The lowest BCUT2D eigenvalue weighted by Gasteiger charge is -2.05. The Morgan fingerprint density at radius 1 is 1.42 bits per heavy atom. The Hall–Kier alpha value is -0.670. The molecule has 0 saturated carbocycles. The highest BCUT2D eigenvalue weighted by atomic mass is 32.1. The van der Waals surface area contributed by atoms with Crippen LogP contribution >= 0.6 is 12.9 Å². The van der Waals surface area contributed by atoms with Crippen LogP contribution in [0.15, 0.2) is 24.3 Å². The lowest BCUT2D eigenvalue weighted by Crippen LogP contribution is -2.17. The van der Waals surface area contributed by atoms with E-state index in [9.17, 15) is 0 Å². The normalized spacial score (nSPS) is 12.6. The van der Waals surface area contributed by atoms with Crippen molar-refractivity contribution in [2.75, 3.05) is 0 Å². The first-order valence-electron chi connectivity index (χ1n) is 3.88. The number of hydrogen-bond donors (Lipinski definition) is 2. The molecule has 3 heteroatoms. The van der Waals surface area contributed by atoms with Gasteiger partial charge in [-0.05, 0) is 31.0 Å². The van der Waals surface area contributed by atoms with Crippen molar-refractivity contribution in [1.82, 2.24) is 0 Å². The molecule has 66 valence electrons. The van der Waals surface area contributed by atoms with E-state index in [-0.39, 0.29) is 6.04 Å². The molecule has 0 radical (unpaired) electrons. The standard InChI is InChI=1S/C9H13NOS/c1-7(10)6-8-2-4-9(11-12)5-3-8/h2-5,7,12H,6,10H2,1H3. The number of benzene rings is 1. The van der Waals surface area contributed by atoms with E-state index in [2.05, 4.69) is 12.9 Å². The number of thiol groups is 1. The highest BCUT2D eigenvalue weighted by Crippen LogP contribution is 2.13. The Balaban J connectivity index is 2.65. The fourth-order valence-corrected chi connectivity index (χ4v) is 1.18. The Bertz CT molecular complexity index is 233. The van der Waals surface area contributed by atoms with Gasteiger partial charge in [0.1, 0.15) is 5.75 Å². The summed E-state index contributed by atoms with van der Waals surface area (Å²) < 4.78 is 4.74. The monoisotopic (exact) mass is 183 g/mol. The van der Waals surface area contributed by atoms with Gasteiger partial charge < -0.3 is 9.92 Å². The van der Waals surface area contributed by atoms with Gasteiger partial charge in [0, 0.05) is 19.0 Å². The van der Waals surface area contributed by atoms with Gasteiger partial charge in [-0.2, -0.15) is 0 Å². The van der Waals surface area contributed by atoms with Crippen LogP contribution in [0.3, 0.4) is 0 Å². The lowest BCUT2D eigenvalue weighted by atomic mass is 10.1. The topological polar surface area (TPSA) is 35.2 Å². The van der Waals surface area contributed by atoms with Gasteiger partial charge in [-0.25, -0.2) is 0 Å². The molecule has 1 unspecified atom stereocenters. The molecule has 1 aromatic carbocycles. The van der Waals surface area contributed by atoms with Crippen LogP contribution in [0, 0.1) is 0 Å². The molecular formula is C9H13NOS. The zero-order valence-corrected chi connectivity index (χ0v) is 7.92. The summed E-state index contributed by atoms with van der Waals surface area (Å²) in [4.78, 5) is 0. The van der Waals surface area contributed by atoms with Gasteiger partial charge >= 0.3 is 0 Å². The van der Waals surface area contributed by atoms with Crippen LogP contribution in [0.1, 0.15) is 12.5 Å². The summed E-state index contributed by atoms with van der Waals surface area (Å²) in [6.07, 6.45) is 0.896. The van der Waals surface area contributed by atoms with E-state index < -0.39 is 0 Å². The van der Waals surface area contributed by atoms with Crippen molar-refractivity contribution in [1.29, 1.82) is 0 Å². The molecule has 0 saturated heterocycles. The molecule has 2 nitrogen and oxygen atoms in total. The first-order valence-corrected chi connectivity index (χ1v) is 4.25. The Morgan fingerprint density at radius 2 is 2.00 bits per heavy atom. The summed E-state index contributed by atoms with van der Waals surface area (Å²) >= 11 is 3.69. The van der Waals surface area contributed by atoms with E-state index in [1.807, 2.05) is 31.2 Å². The number of hydrogen-bond acceptors (Lipinski definition) is 3. The molecule has 0 aliphatic rings. The van der Waals surface area contributed by atoms with Gasteiger partial charge in [0.15, 0.2) is 0 Å². The summed E-state index contributed by atoms with van der Waals surface area (Å²) in [7, 11) is 0. The van der Waals surface area contributed by atoms with Crippen LogP contribution in [-0.2, 0) is 6.42 Å². The van der Waals surface area contributed by atoms with Gasteiger partial charge in [-0.1, -0.05) is 12.1 Å². The minimum Gasteiger partial charge on any atom is -0.429 e. The zero-order chi connectivity index (χ0) is 8.97. The Kier molecular flexibility index (Phi) is 3.44. The van der Waals surface area contributed by atoms with Crippen LogP contribution in [0.5, 0.6) is 5.75 Å². The van der Waals surface area contributed by atoms with E-state index in [0.29, 0.717) is 0 Å². The summed E-state index contributed by atoms with van der Waals surface area (Å²) in [5.41, 5.74) is 6.87. The molecule has 0 spiro atoms. The van der Waals surface area contributed by atoms with Crippen LogP contribution in [0.4, 0.5) is 0 Å². The molecule has 0 fully saturated rings. The highest BCUT2D eigenvalue weighted by molar-refractivity contribution is 7.75. The maximum Gasteiger partial charge on any atom is 0.137 e. The average Bonchev–Trinajstić information content (AvgIpc) is 2.05. The van der Waals surface area contributed by atoms with Crippen molar-refractivity contribution in [3.63, 3.8) is 0 Å². The van der Waals surface area contributed by atoms with Gasteiger partial charge in [0.25, 0.3) is 0 Å². The molecule has 0 aromatic heterocycles. The first-order chi connectivity index (χ1) is 5.72. The minimum absolute atomic E-state index is 0.202. The summed E-state index contributed by atoms with van der Waals surface area (Å²) in [5, 5.41) is 0.